The zero-order chi connectivity index (χ0) is 81.5. The third-order valence-corrected chi connectivity index (χ3v) is 21.3. The highest BCUT2D eigenvalue weighted by molar-refractivity contribution is 5.81. The minimum absolute atomic E-state index is 0.0141. The number of piperidine rings is 1. The Morgan fingerprint density at radius 1 is 0.324 bits per heavy atom. The molecule has 1 fully saturated rings. The van der Waals surface area contributed by atoms with Gasteiger partial charge < -0.3 is 53.8 Å². The number of nitrogens with one attached hydrogen (secondary N) is 2. The van der Waals surface area contributed by atoms with Crippen molar-refractivity contribution in [2.75, 3.05) is 98.5 Å². The second kappa shape index (κ2) is 80.5. The van der Waals surface area contributed by atoms with E-state index in [0.717, 1.165) is 110 Å². The number of ketones is 1. The Labute approximate surface area is 678 Å². The molecular weight excluding hydrogens is 1400 g/mol. The van der Waals surface area contributed by atoms with Crippen molar-refractivity contribution in [3.05, 3.63) is 0 Å². The molecule has 1 aliphatic rings. The van der Waals surface area contributed by atoms with Gasteiger partial charge in [-0.1, -0.05) is 312 Å². The van der Waals surface area contributed by atoms with Crippen molar-refractivity contribution in [2.24, 2.45) is 5.92 Å². The van der Waals surface area contributed by atoms with Crippen LogP contribution in [0, 0.1) is 5.92 Å². The van der Waals surface area contributed by atoms with Crippen LogP contribution in [0.5, 0.6) is 0 Å². The number of amides is 4. The summed E-state index contributed by atoms with van der Waals surface area (Å²) >= 11 is 0. The Hall–Kier alpha value is -4.69. The smallest absolute Gasteiger partial charge is 0.306 e. The summed E-state index contributed by atoms with van der Waals surface area (Å²) in [5.74, 6) is -0.849. The number of nitrogens with zero attached hydrogens (tertiary/aromatic N) is 3. The molecule has 1 aliphatic heterocycles. The van der Waals surface area contributed by atoms with Crippen LogP contribution in [0.2, 0.25) is 0 Å². The molecule has 2 N–H and O–H groups in total. The molecule has 111 heavy (non-hydrogen) atoms. The maximum atomic E-state index is 13.1. The van der Waals surface area contributed by atoms with Gasteiger partial charge in [-0.2, -0.15) is 0 Å². The van der Waals surface area contributed by atoms with E-state index in [4.69, 9.17) is 28.4 Å². The van der Waals surface area contributed by atoms with Crippen molar-refractivity contribution in [1.82, 2.24) is 25.3 Å². The summed E-state index contributed by atoms with van der Waals surface area (Å²) in [5.41, 5.74) is 0. The molecule has 2 atom stereocenters. The van der Waals surface area contributed by atoms with E-state index in [2.05, 4.69) is 43.2 Å². The lowest BCUT2D eigenvalue weighted by atomic mass is 9.90. The Morgan fingerprint density at radius 2 is 0.622 bits per heavy atom. The molecule has 20 heteroatoms. The fourth-order valence-corrected chi connectivity index (χ4v) is 14.0. The molecule has 0 aromatic carbocycles. The summed E-state index contributed by atoms with van der Waals surface area (Å²) in [4.78, 5) is 118. The predicted octanol–water partition coefficient (Wildman–Crippen LogP) is 20.3. The number of carbonyl (C=O) groups excluding carboxylic acids is 9. The molecule has 1 rings (SSSR count). The summed E-state index contributed by atoms with van der Waals surface area (Å²) < 4.78 is 34.3. The van der Waals surface area contributed by atoms with Crippen molar-refractivity contribution in [3.8, 4) is 0 Å². The van der Waals surface area contributed by atoms with Gasteiger partial charge in [-0.25, -0.2) is 0 Å². The van der Waals surface area contributed by atoms with Crippen molar-refractivity contribution >= 4 is 53.3 Å². The molecule has 2 unspecified atom stereocenters. The van der Waals surface area contributed by atoms with Crippen LogP contribution in [0.4, 0.5) is 0 Å². The molecule has 20 nitrogen and oxygen atoms in total. The summed E-state index contributed by atoms with van der Waals surface area (Å²) in [6.07, 6.45) is 57.7. The van der Waals surface area contributed by atoms with Gasteiger partial charge in [0.2, 0.25) is 23.6 Å². The van der Waals surface area contributed by atoms with Gasteiger partial charge >= 0.3 is 23.9 Å². The van der Waals surface area contributed by atoms with Crippen molar-refractivity contribution < 1.29 is 71.6 Å². The van der Waals surface area contributed by atoms with Crippen LogP contribution in [0.3, 0.4) is 0 Å². The summed E-state index contributed by atoms with van der Waals surface area (Å²) in [6.45, 7) is 22.1. The van der Waals surface area contributed by atoms with E-state index in [0.29, 0.717) is 110 Å². The number of likely N-dealkylation sites (tertiary alicyclic amines) is 1. The Balaban J connectivity index is 0.00000223. The minimum atomic E-state index is -0.698. The quantitative estimate of drug-likeness (QED) is 0.0327. The summed E-state index contributed by atoms with van der Waals surface area (Å²) in [6, 6.07) is 0. The van der Waals surface area contributed by atoms with Crippen LogP contribution in [-0.4, -0.2) is 179 Å². The molecule has 0 radical (unpaired) electrons. The lowest BCUT2D eigenvalue weighted by molar-refractivity contribution is -0.163. The number of esters is 4. The Morgan fingerprint density at radius 3 is 0.937 bits per heavy atom. The van der Waals surface area contributed by atoms with Gasteiger partial charge in [-0.15, -0.1) is 0 Å². The van der Waals surface area contributed by atoms with Crippen LogP contribution in [0.1, 0.15) is 415 Å². The first-order valence-corrected chi connectivity index (χ1v) is 46.3. The Bertz CT molecular complexity index is 2230. The normalized spacial score (nSPS) is 12.9. The molecule has 1 saturated heterocycles. The molecule has 4 amide bonds. The molecule has 0 aromatic heterocycles. The first-order valence-electron chi connectivity index (χ1n) is 46.3. The van der Waals surface area contributed by atoms with E-state index in [1.807, 2.05) is 18.7 Å². The molecule has 0 bridgehead atoms. The SMILES string of the molecule is CCCCCCCCCCCCCC(=O)OCC(COCCCC(=O)C1CCN(CCN(CCNC(=O)CC)C(=O)CC)CC1)OC(=O)CCCCCCCCCCCCC.CCCCCCCCCCCCCC(=O)OCC(COCCN(CCNC(=O)CC)C(=O)CC)OC(=O)CCCCCCCCCCCCC. The van der Waals surface area contributed by atoms with E-state index >= 15 is 0 Å². The average molecular weight is 1580 g/mol. The van der Waals surface area contributed by atoms with Gasteiger partial charge in [0.1, 0.15) is 19.0 Å². The van der Waals surface area contributed by atoms with Gasteiger partial charge in [0.05, 0.1) is 19.8 Å². The molecule has 0 spiro atoms. The van der Waals surface area contributed by atoms with Crippen molar-refractivity contribution in [1.29, 1.82) is 0 Å². The van der Waals surface area contributed by atoms with Crippen LogP contribution in [0.15, 0.2) is 0 Å². The second-order valence-electron chi connectivity index (χ2n) is 31.4. The molecule has 0 aliphatic carbocycles. The van der Waals surface area contributed by atoms with Gasteiger partial charge in [-0.3, -0.25) is 43.2 Å². The first-order chi connectivity index (χ1) is 54.1. The van der Waals surface area contributed by atoms with Crippen molar-refractivity contribution in [3.63, 3.8) is 0 Å². The highest BCUT2D eigenvalue weighted by atomic mass is 16.6. The third kappa shape index (κ3) is 69.3. The van der Waals surface area contributed by atoms with Gasteiger partial charge in [0, 0.05) is 116 Å². The second-order valence-corrected chi connectivity index (χ2v) is 31.4. The van der Waals surface area contributed by atoms with Crippen LogP contribution in [0.25, 0.3) is 0 Å². The number of carbonyl (C=O) groups is 9. The van der Waals surface area contributed by atoms with Gasteiger partial charge in [-0.05, 0) is 58.0 Å². The third-order valence-electron chi connectivity index (χ3n) is 21.3. The van der Waals surface area contributed by atoms with E-state index in [1.165, 1.54) is 205 Å². The number of ether oxygens (including phenoxy) is 6. The lowest BCUT2D eigenvalue weighted by Gasteiger charge is -2.33. The number of hydrogen-bond acceptors (Lipinski definition) is 16. The van der Waals surface area contributed by atoms with E-state index in [1.54, 1.807) is 18.7 Å². The molecular formula is C91H171N5O15. The summed E-state index contributed by atoms with van der Waals surface area (Å²) in [5, 5.41) is 5.65. The van der Waals surface area contributed by atoms with Crippen LogP contribution >= 0.6 is 0 Å². The average Bonchev–Trinajstić information content (AvgIpc) is 0.887. The number of Topliss-reactive ketones (excluding diaryl/α,β-unsaturated/α-hetero) is 1. The topological polar surface area (TPSA) is 243 Å². The molecule has 1 heterocycles. The number of hydrogen-bond donors (Lipinski definition) is 2. The largest absolute Gasteiger partial charge is 0.462 e. The predicted molar refractivity (Wildman–Crippen MR) is 451 cm³/mol. The fourth-order valence-electron chi connectivity index (χ4n) is 14.0. The lowest BCUT2D eigenvalue weighted by Crippen LogP contribution is -2.44. The molecule has 0 saturated carbocycles. The number of rotatable bonds is 79. The highest BCUT2D eigenvalue weighted by Crippen LogP contribution is 2.22. The van der Waals surface area contributed by atoms with Gasteiger partial charge in [0.15, 0.2) is 12.2 Å². The minimum Gasteiger partial charge on any atom is -0.462 e. The fraction of sp³-hybridized carbons (Fsp3) is 0.901. The first kappa shape index (κ1) is 106. The number of unbranched alkanes of at least 4 members (excludes halogenated alkanes) is 40. The van der Waals surface area contributed by atoms with Crippen LogP contribution < -0.4 is 10.6 Å². The maximum absolute atomic E-state index is 13.1. The zero-order valence-electron chi connectivity index (χ0n) is 72.9. The summed E-state index contributed by atoms with van der Waals surface area (Å²) in [7, 11) is 0. The van der Waals surface area contributed by atoms with Gasteiger partial charge in [0.25, 0.3) is 0 Å². The molecule has 650 valence electrons. The van der Waals surface area contributed by atoms with E-state index < -0.39 is 12.2 Å². The standard InChI is InChI=1S/C50H93N3O8.C41H78N2O7/c1-5-9-11-13-15-17-19-21-23-25-27-31-49(57)60-43-45(61-50(58)32-28-26-24-22-20-18-16-14-12-10-6-2)42-59-41-29-30-46(54)44-33-36-52(37-34-44)39-40-53(48(56)8-4)38-35-51-47(55)7-3;1-5-9-11-13-15-17-19-21-23-25-27-29-40(46)49-36-37(35-48-34-33-43(39(45)8-4)32-31-42-38(44)7-3)50-41(47)30-28-26-24-22-20-18-16-14-12-10-6-2/h44-45H,5-43H2,1-4H3,(H,51,55);37H,5-36H2,1-4H3,(H,42,44). The van der Waals surface area contributed by atoms with Crippen molar-refractivity contribution in [2.45, 2.75) is 427 Å². The van der Waals surface area contributed by atoms with E-state index in [9.17, 15) is 43.2 Å². The molecule has 0 aromatic rings. The zero-order valence-corrected chi connectivity index (χ0v) is 72.9. The van der Waals surface area contributed by atoms with Crippen LogP contribution in [-0.2, 0) is 71.6 Å². The highest BCUT2D eigenvalue weighted by Gasteiger charge is 2.26. The van der Waals surface area contributed by atoms with E-state index in [-0.39, 0.29) is 92.2 Å². The Kier molecular flexibility index (Phi) is 77.1. The monoisotopic (exact) mass is 1570 g/mol. The maximum Gasteiger partial charge on any atom is 0.306 e.